The molecule has 0 aliphatic heterocycles. The van der Waals surface area contributed by atoms with Crippen molar-refractivity contribution < 1.29 is 36.0 Å². The summed E-state index contributed by atoms with van der Waals surface area (Å²) in [7, 11) is 0. The fraction of sp³-hybridized carbons (Fsp3) is 0. The number of rotatable bonds is 0. The van der Waals surface area contributed by atoms with Crippen LogP contribution in [0.5, 0.6) is 0 Å². The van der Waals surface area contributed by atoms with Gasteiger partial charge in [-0.05, 0) is 0 Å². The van der Waals surface area contributed by atoms with Crippen LogP contribution in [0.2, 0.25) is 0 Å². The first-order valence-corrected chi connectivity index (χ1v) is 5.44. The zero-order valence-corrected chi connectivity index (χ0v) is 10.9. The third kappa shape index (κ3) is 5.76. The third-order valence-corrected chi connectivity index (χ3v) is 2.68. The van der Waals surface area contributed by atoms with E-state index < -0.39 is 0 Å². The molecule has 0 saturated carbocycles. The average Bonchev–Trinajstić information content (AvgIpc) is 1.91. The minimum atomic E-state index is 0.500. The van der Waals surface area contributed by atoms with Crippen molar-refractivity contribution in [3.05, 3.63) is 30.3 Å². The molecule has 0 fully saturated rings. The molecular formula is C7H6HgO2. The van der Waals surface area contributed by atoms with Crippen LogP contribution in [0.15, 0.2) is 30.3 Å². The Hall–Kier alpha value is -0.375. The summed E-state index contributed by atoms with van der Waals surface area (Å²) in [5.74, 6) is 0. The van der Waals surface area contributed by atoms with E-state index in [1.807, 2.05) is 0 Å². The SMILES string of the molecule is O=[C-]O.[Hg+][c]1ccccc1. The quantitative estimate of drug-likeness (QED) is 0.557. The molecule has 1 aromatic rings. The van der Waals surface area contributed by atoms with E-state index in [0.29, 0.717) is 6.47 Å². The summed E-state index contributed by atoms with van der Waals surface area (Å²) in [4.78, 5) is 8.24. The Bertz CT molecular complexity index is 174. The molecule has 0 aliphatic rings. The summed E-state index contributed by atoms with van der Waals surface area (Å²) >= 11 is 0.810. The molecule has 0 bridgehead atoms. The Morgan fingerprint density at radius 2 is 1.70 bits per heavy atom. The van der Waals surface area contributed by atoms with E-state index in [-0.39, 0.29) is 0 Å². The summed E-state index contributed by atoms with van der Waals surface area (Å²) < 4.78 is 1.52. The fourth-order valence-corrected chi connectivity index (χ4v) is 1.54. The van der Waals surface area contributed by atoms with E-state index in [1.165, 1.54) is 3.07 Å². The van der Waals surface area contributed by atoms with Crippen molar-refractivity contribution in [2.75, 3.05) is 0 Å². The minimum absolute atomic E-state index is 0.500. The van der Waals surface area contributed by atoms with Gasteiger partial charge in [-0.3, -0.25) is 0 Å². The van der Waals surface area contributed by atoms with E-state index in [4.69, 9.17) is 9.90 Å². The van der Waals surface area contributed by atoms with Gasteiger partial charge in [-0.15, -0.1) is 0 Å². The molecule has 1 N–H and O–H groups in total. The van der Waals surface area contributed by atoms with Crippen molar-refractivity contribution in [2.45, 2.75) is 0 Å². The van der Waals surface area contributed by atoms with Crippen LogP contribution in [0.3, 0.4) is 0 Å². The molecule has 0 aliphatic carbocycles. The van der Waals surface area contributed by atoms with Crippen LogP contribution in [0.4, 0.5) is 0 Å². The summed E-state index contributed by atoms with van der Waals surface area (Å²) in [5.41, 5.74) is 0. The van der Waals surface area contributed by atoms with E-state index >= 15 is 0 Å². The second-order valence-electron chi connectivity index (χ2n) is 1.58. The average molecular weight is 323 g/mol. The first-order valence-electron chi connectivity index (χ1n) is 2.69. The van der Waals surface area contributed by atoms with E-state index in [0.717, 1.165) is 26.1 Å². The molecule has 0 atom stereocenters. The van der Waals surface area contributed by atoms with Crippen LogP contribution >= 0.6 is 0 Å². The number of hydrogen-bond donors (Lipinski definition) is 1. The Balaban J connectivity index is 0.000000236. The van der Waals surface area contributed by atoms with Crippen LogP contribution in [-0.4, -0.2) is 11.6 Å². The van der Waals surface area contributed by atoms with Gasteiger partial charge < -0.3 is 9.90 Å². The van der Waals surface area contributed by atoms with E-state index in [9.17, 15) is 0 Å². The number of hydrogen-bond acceptors (Lipinski definition) is 1. The predicted molar refractivity (Wildman–Crippen MR) is 34.4 cm³/mol. The molecule has 3 heteroatoms. The summed E-state index contributed by atoms with van der Waals surface area (Å²) in [5, 5.41) is 6.76. The molecule has 0 heterocycles. The van der Waals surface area contributed by atoms with Crippen LogP contribution in [-0.2, 0) is 30.9 Å². The predicted octanol–water partition coefficient (Wildman–Crippen LogP) is 0.470. The molecule has 0 aromatic heterocycles. The molecule has 2 nitrogen and oxygen atoms in total. The van der Waals surface area contributed by atoms with E-state index in [1.54, 1.807) is 0 Å². The second kappa shape index (κ2) is 6.74. The Morgan fingerprint density at radius 3 is 1.90 bits per heavy atom. The Morgan fingerprint density at radius 1 is 1.30 bits per heavy atom. The molecule has 0 radical (unpaired) electrons. The molecule has 10 heavy (non-hydrogen) atoms. The molecule has 0 amide bonds. The van der Waals surface area contributed by atoms with Crippen LogP contribution in [0, 0.1) is 0 Å². The van der Waals surface area contributed by atoms with Crippen molar-refractivity contribution in [1.29, 1.82) is 0 Å². The molecule has 0 spiro atoms. The van der Waals surface area contributed by atoms with Gasteiger partial charge in [-0.2, -0.15) is 0 Å². The van der Waals surface area contributed by atoms with Crippen molar-refractivity contribution in [3.63, 3.8) is 0 Å². The molecule has 0 saturated heterocycles. The normalized spacial score (nSPS) is 7.40. The zero-order valence-electron chi connectivity index (χ0n) is 5.45. The van der Waals surface area contributed by atoms with E-state index in [2.05, 4.69) is 30.3 Å². The topological polar surface area (TPSA) is 37.3 Å². The Labute approximate surface area is 75.8 Å². The standard InChI is InChI=1S/C6H5.CHO2.Hg/c1-2-4-6-5-3-1;2-1-3;/h1-5H;(H,2,3);/q;-1;+1. The number of benzene rings is 1. The van der Waals surface area contributed by atoms with Crippen molar-refractivity contribution in [2.24, 2.45) is 0 Å². The van der Waals surface area contributed by atoms with Gasteiger partial charge in [-0.25, -0.2) is 0 Å². The first-order chi connectivity index (χ1) is 4.81. The zero-order chi connectivity index (χ0) is 7.82. The molecule has 0 unspecified atom stereocenters. The van der Waals surface area contributed by atoms with Gasteiger partial charge in [0.05, 0.1) is 0 Å². The van der Waals surface area contributed by atoms with Crippen molar-refractivity contribution in [3.8, 4) is 0 Å². The summed E-state index contributed by atoms with van der Waals surface area (Å²) in [6, 6.07) is 10.6. The van der Waals surface area contributed by atoms with Gasteiger partial charge in [0.1, 0.15) is 0 Å². The van der Waals surface area contributed by atoms with Crippen LogP contribution in [0.1, 0.15) is 0 Å². The molecule has 1 aromatic carbocycles. The van der Waals surface area contributed by atoms with Gasteiger partial charge in [0.25, 0.3) is 0 Å². The van der Waals surface area contributed by atoms with Gasteiger partial charge in [0, 0.05) is 0 Å². The molecule has 1 rings (SSSR count). The summed E-state index contributed by atoms with van der Waals surface area (Å²) in [6.07, 6.45) is 0. The van der Waals surface area contributed by atoms with Gasteiger partial charge in [0.15, 0.2) is 0 Å². The van der Waals surface area contributed by atoms with Crippen LogP contribution < -0.4 is 3.07 Å². The van der Waals surface area contributed by atoms with Gasteiger partial charge >= 0.3 is 59.5 Å². The van der Waals surface area contributed by atoms with Gasteiger partial charge in [-0.1, -0.05) is 6.47 Å². The van der Waals surface area contributed by atoms with Crippen LogP contribution in [0.25, 0.3) is 0 Å². The molecular weight excluding hydrogens is 317 g/mol. The maximum absolute atomic E-state index is 8.24. The van der Waals surface area contributed by atoms with Crippen molar-refractivity contribution in [1.82, 2.24) is 0 Å². The van der Waals surface area contributed by atoms with Gasteiger partial charge in [0.2, 0.25) is 0 Å². The summed E-state index contributed by atoms with van der Waals surface area (Å²) in [6.45, 7) is 0.500. The fourth-order valence-electron chi connectivity index (χ4n) is 0.478. The second-order valence-corrected chi connectivity index (χ2v) is 4.75. The Kier molecular flexibility index (Phi) is 6.49. The van der Waals surface area contributed by atoms with Crippen molar-refractivity contribution >= 4 is 9.54 Å². The first kappa shape index (κ1) is 9.63. The monoisotopic (exact) mass is 324 g/mol. The third-order valence-electron chi connectivity index (χ3n) is 0.843. The number of aliphatic hydroxyl groups excluding tert-OH is 1. The molecule has 48 valence electrons. The maximum atomic E-state index is 8.24.